The quantitative estimate of drug-likeness (QED) is 0.607. The van der Waals surface area contributed by atoms with Gasteiger partial charge in [-0.1, -0.05) is 44.9 Å². The van der Waals surface area contributed by atoms with Crippen molar-refractivity contribution in [3.8, 4) is 0 Å². The first-order valence-corrected chi connectivity index (χ1v) is 6.31. The van der Waals surface area contributed by atoms with Crippen LogP contribution < -0.4 is 0 Å². The van der Waals surface area contributed by atoms with Crippen LogP contribution in [0.15, 0.2) is 23.3 Å². The van der Waals surface area contributed by atoms with E-state index >= 15 is 0 Å². The Morgan fingerprint density at radius 1 is 1.19 bits per heavy atom. The van der Waals surface area contributed by atoms with E-state index in [0.29, 0.717) is 0 Å². The second-order valence-electron chi connectivity index (χ2n) is 6.10. The highest BCUT2D eigenvalue weighted by molar-refractivity contribution is 5.95. The van der Waals surface area contributed by atoms with Gasteiger partial charge in [-0.2, -0.15) is 0 Å². The Labute approximate surface area is 98.6 Å². The molecule has 0 spiro atoms. The summed E-state index contributed by atoms with van der Waals surface area (Å²) >= 11 is 0. The summed E-state index contributed by atoms with van der Waals surface area (Å²) in [5, 5.41) is 0. The molecule has 0 amide bonds. The van der Waals surface area contributed by atoms with E-state index in [2.05, 4.69) is 32.9 Å². The molecule has 1 fully saturated rings. The first-order chi connectivity index (χ1) is 7.38. The molecule has 0 aromatic carbocycles. The van der Waals surface area contributed by atoms with Crippen LogP contribution in [0.25, 0.3) is 0 Å². The summed E-state index contributed by atoms with van der Waals surface area (Å²) in [5.74, 6) is 0.255. The molecule has 0 aliphatic heterocycles. The number of hydrogen-bond donors (Lipinski definition) is 0. The van der Waals surface area contributed by atoms with Crippen LogP contribution in [0, 0.1) is 10.8 Å². The van der Waals surface area contributed by atoms with E-state index < -0.39 is 0 Å². The zero-order valence-corrected chi connectivity index (χ0v) is 10.9. The largest absolute Gasteiger partial charge is 0.295 e. The molecule has 0 N–H and O–H groups in total. The number of allylic oxidation sites excluding steroid dienone is 4. The van der Waals surface area contributed by atoms with Gasteiger partial charge in [0.1, 0.15) is 0 Å². The average molecular weight is 218 g/mol. The fourth-order valence-corrected chi connectivity index (χ4v) is 3.73. The number of carbonyl (C=O) groups is 1. The Hall–Kier alpha value is -0.850. The highest BCUT2D eigenvalue weighted by Gasteiger charge is 2.45. The molecule has 1 saturated carbocycles. The number of rotatable bonds is 1. The summed E-state index contributed by atoms with van der Waals surface area (Å²) in [7, 11) is 0. The average Bonchev–Trinajstić information content (AvgIpc) is 2.15. The molecule has 0 aromatic rings. The van der Waals surface area contributed by atoms with Crippen LogP contribution in [0.2, 0.25) is 0 Å². The summed E-state index contributed by atoms with van der Waals surface area (Å²) in [6, 6.07) is 0. The van der Waals surface area contributed by atoms with E-state index in [0.717, 1.165) is 18.4 Å². The monoisotopic (exact) mass is 218 g/mol. The maximum Gasteiger partial charge on any atom is 0.156 e. The molecule has 1 atom stereocenters. The third-order valence-corrected chi connectivity index (χ3v) is 4.42. The lowest BCUT2D eigenvalue weighted by Crippen LogP contribution is -2.38. The Balaban J connectivity index is 2.47. The molecule has 1 nitrogen and oxygen atoms in total. The molecule has 0 unspecified atom stereocenters. The first kappa shape index (κ1) is 11.6. The van der Waals surface area contributed by atoms with Crippen molar-refractivity contribution in [2.45, 2.75) is 53.4 Å². The molecule has 16 heavy (non-hydrogen) atoms. The molecule has 0 bridgehead atoms. The van der Waals surface area contributed by atoms with E-state index in [-0.39, 0.29) is 16.6 Å². The topological polar surface area (TPSA) is 17.1 Å². The van der Waals surface area contributed by atoms with Crippen molar-refractivity contribution in [3.63, 3.8) is 0 Å². The lowest BCUT2D eigenvalue weighted by atomic mass is 9.55. The van der Waals surface area contributed by atoms with Crippen LogP contribution in [0.1, 0.15) is 53.4 Å². The van der Waals surface area contributed by atoms with E-state index in [9.17, 15) is 4.79 Å². The number of carbonyl (C=O) groups excluding carboxylic acids is 1. The summed E-state index contributed by atoms with van der Waals surface area (Å²) in [6.07, 6.45) is 9.03. The van der Waals surface area contributed by atoms with Gasteiger partial charge in [-0.25, -0.2) is 0 Å². The number of ketones is 1. The molecular weight excluding hydrogens is 196 g/mol. The van der Waals surface area contributed by atoms with Gasteiger partial charge in [0.2, 0.25) is 0 Å². The van der Waals surface area contributed by atoms with Crippen LogP contribution >= 0.6 is 0 Å². The standard InChI is InChI=1S/C15H22O/c1-11(16)12-7-5-8-13-14(2,3)9-6-10-15(12,13)4/h7-8H,5-6,9-10H2,1-4H3/t15-/m0/s1. The predicted octanol–water partition coefficient (Wildman–Crippen LogP) is 4.05. The molecule has 0 aromatic heterocycles. The van der Waals surface area contributed by atoms with Crippen LogP contribution in [0.5, 0.6) is 0 Å². The van der Waals surface area contributed by atoms with Crippen molar-refractivity contribution >= 4 is 5.78 Å². The SMILES string of the molecule is CC(=O)C1=CCC=C2C(C)(C)CCC[C@@]12C. The lowest BCUT2D eigenvalue weighted by molar-refractivity contribution is -0.114. The minimum absolute atomic E-state index is 0.0197. The predicted molar refractivity (Wildman–Crippen MR) is 67.2 cm³/mol. The van der Waals surface area contributed by atoms with Gasteiger partial charge in [-0.15, -0.1) is 0 Å². The van der Waals surface area contributed by atoms with Gasteiger partial charge in [-0.3, -0.25) is 4.79 Å². The second kappa shape index (κ2) is 3.58. The molecule has 0 heterocycles. The van der Waals surface area contributed by atoms with Crippen LogP contribution in [-0.2, 0) is 4.79 Å². The fourth-order valence-electron chi connectivity index (χ4n) is 3.73. The van der Waals surface area contributed by atoms with Crippen molar-refractivity contribution in [3.05, 3.63) is 23.3 Å². The van der Waals surface area contributed by atoms with E-state index in [4.69, 9.17) is 0 Å². The summed E-state index contributed by atoms with van der Waals surface area (Å²) in [6.45, 7) is 8.60. The third kappa shape index (κ3) is 1.57. The Morgan fingerprint density at radius 2 is 1.88 bits per heavy atom. The molecule has 0 saturated heterocycles. The van der Waals surface area contributed by atoms with E-state index in [1.54, 1.807) is 6.92 Å². The van der Waals surface area contributed by atoms with Gasteiger partial charge < -0.3 is 0 Å². The number of fused-ring (bicyclic) bond motifs is 1. The van der Waals surface area contributed by atoms with Crippen molar-refractivity contribution in [2.24, 2.45) is 10.8 Å². The van der Waals surface area contributed by atoms with Crippen molar-refractivity contribution in [1.82, 2.24) is 0 Å². The third-order valence-electron chi connectivity index (χ3n) is 4.42. The molecule has 2 aliphatic carbocycles. The fraction of sp³-hybridized carbons (Fsp3) is 0.667. The first-order valence-electron chi connectivity index (χ1n) is 6.31. The molecular formula is C15H22O. The number of Topliss-reactive ketones (excluding diaryl/α,β-unsaturated/α-hetero) is 1. The summed E-state index contributed by atoms with van der Waals surface area (Å²) in [4.78, 5) is 11.8. The van der Waals surface area contributed by atoms with Gasteiger partial charge in [-0.05, 0) is 31.6 Å². The number of hydrogen-bond acceptors (Lipinski definition) is 1. The van der Waals surface area contributed by atoms with Crippen molar-refractivity contribution < 1.29 is 4.79 Å². The van der Waals surface area contributed by atoms with Gasteiger partial charge in [0, 0.05) is 11.0 Å². The normalized spacial score (nSPS) is 32.5. The smallest absolute Gasteiger partial charge is 0.156 e. The van der Waals surface area contributed by atoms with E-state index in [1.165, 1.54) is 18.4 Å². The maximum atomic E-state index is 11.8. The maximum absolute atomic E-state index is 11.8. The van der Waals surface area contributed by atoms with Gasteiger partial charge >= 0.3 is 0 Å². The Bertz CT molecular complexity index is 384. The highest BCUT2D eigenvalue weighted by Crippen LogP contribution is 2.55. The molecule has 2 aliphatic rings. The summed E-state index contributed by atoms with van der Waals surface area (Å²) < 4.78 is 0. The van der Waals surface area contributed by atoms with Crippen LogP contribution in [-0.4, -0.2) is 5.78 Å². The molecule has 1 heteroatoms. The Kier molecular flexibility index (Phi) is 2.60. The van der Waals surface area contributed by atoms with Crippen LogP contribution in [0.4, 0.5) is 0 Å². The molecule has 88 valence electrons. The van der Waals surface area contributed by atoms with Crippen molar-refractivity contribution in [2.75, 3.05) is 0 Å². The van der Waals surface area contributed by atoms with Gasteiger partial charge in [0.05, 0.1) is 0 Å². The minimum atomic E-state index is 0.0197. The van der Waals surface area contributed by atoms with Gasteiger partial charge in [0.15, 0.2) is 5.78 Å². The second-order valence-corrected chi connectivity index (χ2v) is 6.10. The summed E-state index contributed by atoms with van der Waals surface area (Å²) in [5.41, 5.74) is 2.84. The zero-order chi connectivity index (χ0) is 12.0. The highest BCUT2D eigenvalue weighted by atomic mass is 16.1. The molecule has 2 rings (SSSR count). The minimum Gasteiger partial charge on any atom is -0.295 e. The van der Waals surface area contributed by atoms with E-state index in [1.807, 2.05) is 0 Å². The van der Waals surface area contributed by atoms with Crippen LogP contribution in [0.3, 0.4) is 0 Å². The van der Waals surface area contributed by atoms with Gasteiger partial charge in [0.25, 0.3) is 0 Å². The Morgan fingerprint density at radius 3 is 2.50 bits per heavy atom. The lowest BCUT2D eigenvalue weighted by Gasteiger charge is -2.48. The molecule has 0 radical (unpaired) electrons. The van der Waals surface area contributed by atoms with Crippen molar-refractivity contribution in [1.29, 1.82) is 0 Å². The zero-order valence-electron chi connectivity index (χ0n) is 10.9.